The third kappa shape index (κ3) is 2.62. The van der Waals surface area contributed by atoms with Crippen LogP contribution in [0.3, 0.4) is 0 Å². The van der Waals surface area contributed by atoms with Gasteiger partial charge in [0.15, 0.2) is 0 Å². The zero-order chi connectivity index (χ0) is 15.8. The molecule has 124 valence electrons. The van der Waals surface area contributed by atoms with Crippen LogP contribution in [0.15, 0.2) is 0 Å². The summed E-state index contributed by atoms with van der Waals surface area (Å²) in [5.74, 6) is 1.23. The molecule has 3 heterocycles. The number of fused-ring (bicyclic) bond motifs is 1. The Labute approximate surface area is 135 Å². The van der Waals surface area contributed by atoms with E-state index in [0.29, 0.717) is 25.0 Å². The molecule has 3 aliphatic rings. The molecule has 1 aliphatic carbocycles. The van der Waals surface area contributed by atoms with E-state index in [9.17, 15) is 9.59 Å². The highest BCUT2D eigenvalue weighted by Crippen LogP contribution is 2.25. The summed E-state index contributed by atoms with van der Waals surface area (Å²) in [4.78, 5) is 28.8. The number of hydrogen-bond acceptors (Lipinski definition) is 4. The second-order valence-electron chi connectivity index (χ2n) is 6.80. The van der Waals surface area contributed by atoms with Crippen LogP contribution < -0.4 is 0 Å². The zero-order valence-electron chi connectivity index (χ0n) is 13.4. The van der Waals surface area contributed by atoms with Crippen molar-refractivity contribution in [3.05, 3.63) is 11.6 Å². The van der Waals surface area contributed by atoms with E-state index in [0.717, 1.165) is 44.5 Å². The molecule has 0 spiro atoms. The monoisotopic (exact) mass is 317 g/mol. The van der Waals surface area contributed by atoms with E-state index in [1.807, 2.05) is 9.47 Å². The third-order valence-corrected chi connectivity index (χ3v) is 5.36. The normalized spacial score (nSPS) is 22.5. The first-order valence-corrected chi connectivity index (χ1v) is 8.75. The molecule has 0 unspecified atom stereocenters. The summed E-state index contributed by atoms with van der Waals surface area (Å²) in [6.07, 6.45) is 7.68. The maximum Gasteiger partial charge on any atom is 0.292 e. The second kappa shape index (κ2) is 5.94. The number of hydrogen-bond donors (Lipinski definition) is 0. The van der Waals surface area contributed by atoms with Crippen LogP contribution in [0.4, 0.5) is 0 Å². The number of carbonyl (C=O) groups is 2. The number of piperazine rings is 1. The summed E-state index contributed by atoms with van der Waals surface area (Å²) in [6, 6.07) is 0.389. The van der Waals surface area contributed by atoms with Crippen LogP contribution in [0.25, 0.3) is 0 Å². The summed E-state index contributed by atoms with van der Waals surface area (Å²) in [6.45, 7) is 2.23. The van der Waals surface area contributed by atoms with Crippen LogP contribution in [-0.2, 0) is 17.8 Å². The van der Waals surface area contributed by atoms with Gasteiger partial charge in [0.1, 0.15) is 12.4 Å². The van der Waals surface area contributed by atoms with Gasteiger partial charge in [0.25, 0.3) is 5.91 Å². The largest absolute Gasteiger partial charge is 0.336 e. The van der Waals surface area contributed by atoms with Crippen molar-refractivity contribution in [2.75, 3.05) is 19.6 Å². The lowest BCUT2D eigenvalue weighted by Crippen LogP contribution is -2.55. The fourth-order valence-corrected chi connectivity index (χ4v) is 4.07. The van der Waals surface area contributed by atoms with Crippen molar-refractivity contribution in [3.8, 4) is 0 Å². The van der Waals surface area contributed by atoms with Crippen LogP contribution in [-0.4, -0.2) is 62.1 Å². The van der Waals surface area contributed by atoms with Gasteiger partial charge in [-0.05, 0) is 25.7 Å². The average molecular weight is 317 g/mol. The van der Waals surface area contributed by atoms with Crippen LogP contribution >= 0.6 is 0 Å². The summed E-state index contributed by atoms with van der Waals surface area (Å²) in [5, 5.41) is 8.23. The molecule has 1 aromatic rings. The Kier molecular flexibility index (Phi) is 3.79. The average Bonchev–Trinajstić information content (AvgIpc) is 3.23. The lowest BCUT2D eigenvalue weighted by molar-refractivity contribution is -0.137. The molecular formula is C16H23N5O2. The smallest absolute Gasteiger partial charge is 0.292 e. The first kappa shape index (κ1) is 14.7. The van der Waals surface area contributed by atoms with Gasteiger partial charge in [-0.3, -0.25) is 9.59 Å². The minimum atomic E-state index is -0.148. The van der Waals surface area contributed by atoms with E-state index >= 15 is 0 Å². The van der Waals surface area contributed by atoms with E-state index in [4.69, 9.17) is 0 Å². The van der Waals surface area contributed by atoms with Crippen LogP contribution in [0.5, 0.6) is 0 Å². The maximum atomic E-state index is 12.7. The lowest BCUT2D eigenvalue weighted by Gasteiger charge is -2.37. The molecule has 0 atom stereocenters. The second-order valence-corrected chi connectivity index (χ2v) is 6.80. The maximum absolute atomic E-state index is 12.7. The predicted octanol–water partition coefficient (Wildman–Crippen LogP) is 0.841. The van der Waals surface area contributed by atoms with E-state index in [-0.39, 0.29) is 18.4 Å². The highest BCUT2D eigenvalue weighted by molar-refractivity contribution is 5.94. The Morgan fingerprint density at radius 2 is 1.83 bits per heavy atom. The molecule has 7 nitrogen and oxygen atoms in total. The quantitative estimate of drug-likeness (QED) is 0.810. The molecule has 1 saturated carbocycles. The highest BCUT2D eigenvalue weighted by Gasteiger charge is 2.34. The van der Waals surface area contributed by atoms with Gasteiger partial charge < -0.3 is 14.4 Å². The summed E-state index contributed by atoms with van der Waals surface area (Å²) in [7, 11) is 0. The molecule has 7 heteroatoms. The van der Waals surface area contributed by atoms with Gasteiger partial charge in [0.05, 0.1) is 0 Å². The SMILES string of the molecule is O=C(c1nnc2n1CCCC2)N1CCN(C2CCCC2)C(=O)C1. The summed E-state index contributed by atoms with van der Waals surface area (Å²) >= 11 is 0. The molecular weight excluding hydrogens is 294 g/mol. The van der Waals surface area contributed by atoms with Crippen LogP contribution in [0, 0.1) is 0 Å². The highest BCUT2D eigenvalue weighted by atomic mass is 16.2. The minimum absolute atomic E-state index is 0.0786. The van der Waals surface area contributed by atoms with Gasteiger partial charge in [-0.1, -0.05) is 12.8 Å². The van der Waals surface area contributed by atoms with Crippen molar-refractivity contribution in [1.82, 2.24) is 24.6 Å². The Hall–Kier alpha value is -1.92. The van der Waals surface area contributed by atoms with Gasteiger partial charge in [-0.2, -0.15) is 0 Å². The molecule has 23 heavy (non-hydrogen) atoms. The molecule has 0 aromatic carbocycles. The predicted molar refractivity (Wildman–Crippen MR) is 82.8 cm³/mol. The van der Waals surface area contributed by atoms with Gasteiger partial charge in [-0.25, -0.2) is 0 Å². The number of aromatic nitrogens is 3. The molecule has 2 aliphatic heterocycles. The zero-order valence-corrected chi connectivity index (χ0v) is 13.4. The minimum Gasteiger partial charge on any atom is -0.336 e. The molecule has 2 amide bonds. The Bertz CT molecular complexity index is 620. The van der Waals surface area contributed by atoms with Gasteiger partial charge in [0, 0.05) is 32.1 Å². The lowest BCUT2D eigenvalue weighted by atomic mass is 10.1. The number of amides is 2. The Morgan fingerprint density at radius 1 is 1.00 bits per heavy atom. The Morgan fingerprint density at radius 3 is 2.61 bits per heavy atom. The van der Waals surface area contributed by atoms with Crippen molar-refractivity contribution in [1.29, 1.82) is 0 Å². The molecule has 0 radical (unpaired) electrons. The number of rotatable bonds is 2. The molecule has 0 bridgehead atoms. The van der Waals surface area contributed by atoms with Crippen molar-refractivity contribution >= 4 is 11.8 Å². The standard InChI is InChI=1S/C16H23N5O2/c22-14-11-19(9-10-20(14)12-5-1-2-6-12)16(23)15-18-17-13-7-3-4-8-21(13)15/h12H,1-11H2. The molecule has 2 fully saturated rings. The van der Waals surface area contributed by atoms with Crippen LogP contribution in [0.1, 0.15) is 55.0 Å². The van der Waals surface area contributed by atoms with Crippen molar-refractivity contribution in [3.63, 3.8) is 0 Å². The molecule has 4 rings (SSSR count). The fraction of sp³-hybridized carbons (Fsp3) is 0.750. The van der Waals surface area contributed by atoms with E-state index in [2.05, 4.69) is 10.2 Å². The van der Waals surface area contributed by atoms with Gasteiger partial charge in [-0.15, -0.1) is 10.2 Å². The fourth-order valence-electron chi connectivity index (χ4n) is 4.07. The number of carbonyl (C=O) groups excluding carboxylic acids is 2. The van der Waals surface area contributed by atoms with Gasteiger partial charge >= 0.3 is 0 Å². The third-order valence-electron chi connectivity index (χ3n) is 5.36. The topological polar surface area (TPSA) is 71.3 Å². The number of nitrogens with zero attached hydrogens (tertiary/aromatic N) is 5. The molecule has 1 aromatic heterocycles. The van der Waals surface area contributed by atoms with E-state index in [1.54, 1.807) is 4.90 Å². The molecule has 1 saturated heterocycles. The van der Waals surface area contributed by atoms with E-state index < -0.39 is 0 Å². The van der Waals surface area contributed by atoms with Crippen molar-refractivity contribution < 1.29 is 9.59 Å². The van der Waals surface area contributed by atoms with E-state index in [1.165, 1.54) is 12.8 Å². The van der Waals surface area contributed by atoms with Gasteiger partial charge in [0.2, 0.25) is 11.7 Å². The van der Waals surface area contributed by atoms with Crippen molar-refractivity contribution in [2.45, 2.75) is 57.5 Å². The summed E-state index contributed by atoms with van der Waals surface area (Å²) < 4.78 is 1.93. The molecule has 0 N–H and O–H groups in total. The first-order valence-electron chi connectivity index (χ1n) is 8.75. The Balaban J connectivity index is 1.46. The first-order chi connectivity index (χ1) is 11.2. The van der Waals surface area contributed by atoms with Crippen LogP contribution in [0.2, 0.25) is 0 Å². The number of aryl methyl sites for hydroxylation is 1. The summed E-state index contributed by atoms with van der Waals surface area (Å²) in [5.41, 5.74) is 0. The van der Waals surface area contributed by atoms with Crippen molar-refractivity contribution in [2.24, 2.45) is 0 Å².